The summed E-state index contributed by atoms with van der Waals surface area (Å²) in [5.41, 5.74) is 0. The maximum atomic E-state index is 11.0. The molecule has 55 valence electrons. The lowest BCUT2D eigenvalue weighted by molar-refractivity contribution is 0.578. The molecule has 0 aromatic rings. The van der Waals surface area contributed by atoms with Crippen molar-refractivity contribution in [2.24, 2.45) is 0 Å². The summed E-state index contributed by atoms with van der Waals surface area (Å²) >= 11 is -0.612. The maximum absolute atomic E-state index is 11.0. The van der Waals surface area contributed by atoms with Gasteiger partial charge in [-0.1, -0.05) is 18.1 Å². The lowest BCUT2D eigenvalue weighted by Gasteiger charge is -2.15. The van der Waals surface area contributed by atoms with Crippen molar-refractivity contribution < 1.29 is 4.55 Å². The molecular formula is C7H15OS. The van der Waals surface area contributed by atoms with E-state index in [0.29, 0.717) is 5.25 Å². The summed E-state index contributed by atoms with van der Waals surface area (Å²) in [5.74, 6) is 0.779. The van der Waals surface area contributed by atoms with Crippen LogP contribution in [0, 0.1) is 6.92 Å². The second-order valence-electron chi connectivity index (χ2n) is 2.12. The zero-order chi connectivity index (χ0) is 7.28. The number of hydrogen-bond acceptors (Lipinski definition) is 1. The molecule has 0 aliphatic rings. The summed E-state index contributed by atoms with van der Waals surface area (Å²) in [5, 5.41) is 0.340. The molecule has 0 heterocycles. The summed E-state index contributed by atoms with van der Waals surface area (Å²) in [6, 6.07) is 0. The highest BCUT2D eigenvalue weighted by molar-refractivity contribution is 7.91. The van der Waals surface area contributed by atoms with Crippen LogP contribution in [0.1, 0.15) is 26.7 Å². The Bertz CT molecular complexity index is 65.9. The van der Waals surface area contributed by atoms with Gasteiger partial charge in [0.2, 0.25) is 0 Å². The standard InChI is InChI=1S/C7H15OS/c1-4-6-7(3)9(8)5-2/h7H,1,4-6H2,2-3H3. The van der Waals surface area contributed by atoms with Gasteiger partial charge in [0.1, 0.15) is 11.0 Å². The van der Waals surface area contributed by atoms with Crippen molar-refractivity contribution in [1.82, 2.24) is 0 Å². The molecule has 0 aliphatic carbocycles. The molecule has 0 amide bonds. The van der Waals surface area contributed by atoms with Crippen molar-refractivity contribution in [3.05, 3.63) is 6.92 Å². The van der Waals surface area contributed by atoms with Crippen LogP contribution in [0.5, 0.6) is 0 Å². The first kappa shape index (κ1) is 9.31. The molecule has 0 aromatic carbocycles. The van der Waals surface area contributed by atoms with Crippen LogP contribution in [-0.2, 0) is 11.2 Å². The van der Waals surface area contributed by atoms with Crippen LogP contribution in [0.25, 0.3) is 0 Å². The third-order valence-corrected chi connectivity index (χ3v) is 3.05. The first-order valence-electron chi connectivity index (χ1n) is 3.38. The van der Waals surface area contributed by atoms with Gasteiger partial charge in [-0.05, 0) is 26.7 Å². The monoisotopic (exact) mass is 147 g/mol. The quantitative estimate of drug-likeness (QED) is 0.556. The Kier molecular flexibility index (Phi) is 5.30. The summed E-state index contributed by atoms with van der Waals surface area (Å²) < 4.78 is 11.0. The smallest absolute Gasteiger partial charge is 0.112 e. The molecule has 0 rings (SSSR count). The highest BCUT2D eigenvalue weighted by Crippen LogP contribution is 2.07. The van der Waals surface area contributed by atoms with Crippen molar-refractivity contribution in [2.45, 2.75) is 31.9 Å². The highest BCUT2D eigenvalue weighted by Gasteiger charge is 2.11. The van der Waals surface area contributed by atoms with Gasteiger partial charge in [-0.3, -0.25) is 0 Å². The molecule has 0 saturated carbocycles. The van der Waals surface area contributed by atoms with Gasteiger partial charge in [-0.15, -0.1) is 0 Å². The fourth-order valence-corrected chi connectivity index (χ4v) is 1.70. The Morgan fingerprint density at radius 2 is 2.22 bits per heavy atom. The lowest BCUT2D eigenvalue weighted by atomic mass is 10.3. The summed E-state index contributed by atoms with van der Waals surface area (Å²) in [4.78, 5) is 0. The van der Waals surface area contributed by atoms with Gasteiger partial charge in [0.25, 0.3) is 0 Å². The molecule has 2 atom stereocenters. The zero-order valence-electron chi connectivity index (χ0n) is 6.22. The van der Waals surface area contributed by atoms with Crippen molar-refractivity contribution in [1.29, 1.82) is 0 Å². The van der Waals surface area contributed by atoms with E-state index in [1.54, 1.807) is 0 Å². The summed E-state index contributed by atoms with van der Waals surface area (Å²) in [7, 11) is 0. The average molecular weight is 147 g/mol. The molecule has 2 unspecified atom stereocenters. The van der Waals surface area contributed by atoms with Gasteiger partial charge in [-0.2, -0.15) is 0 Å². The van der Waals surface area contributed by atoms with E-state index in [2.05, 4.69) is 6.92 Å². The average Bonchev–Trinajstić information content (AvgIpc) is 1.87. The second kappa shape index (κ2) is 5.12. The molecule has 0 saturated heterocycles. The molecule has 0 spiro atoms. The zero-order valence-corrected chi connectivity index (χ0v) is 7.04. The molecular weight excluding hydrogens is 132 g/mol. The molecule has 0 N–H and O–H groups in total. The molecule has 1 nitrogen and oxygen atoms in total. The van der Waals surface area contributed by atoms with Crippen molar-refractivity contribution in [2.75, 3.05) is 5.75 Å². The minimum atomic E-state index is -0.612. The predicted molar refractivity (Wildman–Crippen MR) is 42.7 cm³/mol. The van der Waals surface area contributed by atoms with E-state index in [1.165, 1.54) is 0 Å². The van der Waals surface area contributed by atoms with E-state index in [4.69, 9.17) is 0 Å². The lowest BCUT2D eigenvalue weighted by Crippen LogP contribution is -2.19. The predicted octanol–water partition coefficient (Wildman–Crippen LogP) is 1.76. The van der Waals surface area contributed by atoms with Crippen LogP contribution < -0.4 is 0 Å². The largest absolute Gasteiger partial charge is 0.616 e. The van der Waals surface area contributed by atoms with E-state index >= 15 is 0 Å². The van der Waals surface area contributed by atoms with Crippen molar-refractivity contribution >= 4 is 11.2 Å². The van der Waals surface area contributed by atoms with Crippen LogP contribution in [-0.4, -0.2) is 15.6 Å². The Balaban J connectivity index is 3.32. The molecule has 9 heavy (non-hydrogen) atoms. The number of hydrogen-bond donors (Lipinski definition) is 0. The summed E-state index contributed by atoms with van der Waals surface area (Å²) in [6.45, 7) is 7.68. The molecule has 0 aliphatic heterocycles. The Hall–Kier alpha value is 0.310. The van der Waals surface area contributed by atoms with Crippen molar-refractivity contribution in [3.8, 4) is 0 Å². The van der Waals surface area contributed by atoms with Gasteiger partial charge >= 0.3 is 0 Å². The summed E-state index contributed by atoms with van der Waals surface area (Å²) in [6.07, 6.45) is 1.88. The molecule has 0 aromatic heterocycles. The maximum Gasteiger partial charge on any atom is 0.112 e. The van der Waals surface area contributed by atoms with Gasteiger partial charge < -0.3 is 4.55 Å². The Labute approximate surface area is 61.0 Å². The Morgan fingerprint density at radius 1 is 1.67 bits per heavy atom. The van der Waals surface area contributed by atoms with Crippen LogP contribution in [0.15, 0.2) is 0 Å². The van der Waals surface area contributed by atoms with E-state index in [1.807, 2.05) is 13.8 Å². The van der Waals surface area contributed by atoms with E-state index in [9.17, 15) is 4.55 Å². The molecule has 0 fully saturated rings. The molecule has 2 heteroatoms. The third kappa shape index (κ3) is 3.82. The SMILES string of the molecule is [CH2]CCC(C)[S+]([O-])CC. The topological polar surface area (TPSA) is 23.1 Å². The fourth-order valence-electron chi connectivity index (χ4n) is 0.703. The van der Waals surface area contributed by atoms with E-state index in [-0.39, 0.29) is 0 Å². The van der Waals surface area contributed by atoms with Gasteiger partial charge in [0, 0.05) is 0 Å². The number of rotatable bonds is 4. The minimum Gasteiger partial charge on any atom is -0.616 e. The van der Waals surface area contributed by atoms with Crippen LogP contribution in [0.3, 0.4) is 0 Å². The fraction of sp³-hybridized carbons (Fsp3) is 0.857. The van der Waals surface area contributed by atoms with Gasteiger partial charge in [0.05, 0.1) is 0 Å². The van der Waals surface area contributed by atoms with E-state index in [0.717, 1.165) is 18.6 Å². The first-order valence-corrected chi connectivity index (χ1v) is 4.77. The molecule has 1 radical (unpaired) electrons. The second-order valence-corrected chi connectivity index (χ2v) is 4.27. The minimum absolute atomic E-state index is 0.340. The van der Waals surface area contributed by atoms with Crippen LogP contribution in [0.2, 0.25) is 0 Å². The normalized spacial score (nSPS) is 17.3. The van der Waals surface area contributed by atoms with Crippen molar-refractivity contribution in [3.63, 3.8) is 0 Å². The third-order valence-electron chi connectivity index (χ3n) is 1.34. The molecule has 0 bridgehead atoms. The van der Waals surface area contributed by atoms with E-state index < -0.39 is 11.2 Å². The van der Waals surface area contributed by atoms with Crippen LogP contribution >= 0.6 is 0 Å². The van der Waals surface area contributed by atoms with Crippen LogP contribution in [0.4, 0.5) is 0 Å². The first-order chi connectivity index (χ1) is 4.22. The Morgan fingerprint density at radius 3 is 2.56 bits per heavy atom. The van der Waals surface area contributed by atoms with Gasteiger partial charge in [0.15, 0.2) is 0 Å². The van der Waals surface area contributed by atoms with Gasteiger partial charge in [-0.25, -0.2) is 0 Å². The highest BCUT2D eigenvalue weighted by atomic mass is 32.2.